The van der Waals surface area contributed by atoms with Crippen molar-refractivity contribution in [2.45, 2.75) is 6.92 Å². The lowest BCUT2D eigenvalue weighted by Gasteiger charge is -2.13. The molecule has 0 atom stereocenters. The Balaban J connectivity index is 1.89. The van der Waals surface area contributed by atoms with Gasteiger partial charge in [0.1, 0.15) is 5.75 Å². The third-order valence-corrected chi connectivity index (χ3v) is 4.16. The molecular weight excluding hydrogens is 308 g/mol. The van der Waals surface area contributed by atoms with Gasteiger partial charge in [-0.3, -0.25) is 0 Å². The minimum Gasteiger partial charge on any atom is -0.508 e. The fourth-order valence-corrected chi connectivity index (χ4v) is 2.94. The minimum absolute atomic E-state index is 0.239. The van der Waals surface area contributed by atoms with Gasteiger partial charge in [-0.25, -0.2) is 4.98 Å². The molecule has 0 fully saturated rings. The van der Waals surface area contributed by atoms with E-state index in [-0.39, 0.29) is 5.75 Å². The van der Waals surface area contributed by atoms with Gasteiger partial charge < -0.3 is 10.4 Å². The molecule has 0 bridgehead atoms. The Bertz CT molecular complexity index is 1040. The van der Waals surface area contributed by atoms with Crippen LogP contribution in [0, 0.1) is 6.92 Å². The number of hydrogen-bond acceptors (Lipinski definition) is 3. The van der Waals surface area contributed by atoms with E-state index >= 15 is 0 Å². The summed E-state index contributed by atoms with van der Waals surface area (Å²) in [7, 11) is 0. The van der Waals surface area contributed by atoms with Gasteiger partial charge in [0, 0.05) is 22.7 Å². The van der Waals surface area contributed by atoms with Crippen LogP contribution in [0.25, 0.3) is 22.2 Å². The van der Waals surface area contributed by atoms with Gasteiger partial charge >= 0.3 is 0 Å². The number of nitrogens with zero attached hydrogens (tertiary/aromatic N) is 1. The summed E-state index contributed by atoms with van der Waals surface area (Å²) in [4.78, 5) is 4.82. The highest BCUT2D eigenvalue weighted by molar-refractivity contribution is 5.95. The lowest BCUT2D eigenvalue weighted by molar-refractivity contribution is 0.475. The first-order chi connectivity index (χ1) is 12.2. The molecule has 3 heteroatoms. The number of hydrogen-bond donors (Lipinski definition) is 2. The van der Waals surface area contributed by atoms with Gasteiger partial charge in [-0.1, -0.05) is 48.0 Å². The van der Waals surface area contributed by atoms with Crippen LogP contribution in [-0.4, -0.2) is 10.1 Å². The third kappa shape index (κ3) is 3.17. The number of pyridine rings is 1. The Morgan fingerprint density at radius 1 is 0.840 bits per heavy atom. The van der Waals surface area contributed by atoms with E-state index in [2.05, 4.69) is 42.6 Å². The van der Waals surface area contributed by atoms with Crippen molar-refractivity contribution in [2.24, 2.45) is 0 Å². The molecule has 0 amide bonds. The largest absolute Gasteiger partial charge is 0.508 e. The zero-order chi connectivity index (χ0) is 17.2. The van der Waals surface area contributed by atoms with Crippen molar-refractivity contribution in [3.8, 4) is 17.0 Å². The average molecular weight is 326 g/mol. The smallest absolute Gasteiger partial charge is 0.117 e. The number of anilines is 2. The Morgan fingerprint density at radius 2 is 1.68 bits per heavy atom. The number of fused-ring (bicyclic) bond motifs is 1. The second kappa shape index (κ2) is 6.29. The standard InChI is InChI=1S/C22H18N2O/c1-15-10-11-20-19(12-15)22(23-17-8-5-9-18(25)13-17)14-21(24-20)16-6-3-2-4-7-16/h2-14,25H,1H3,(H,23,24). The number of benzene rings is 3. The Hall–Kier alpha value is -3.33. The molecule has 0 spiro atoms. The van der Waals surface area contributed by atoms with Crippen molar-refractivity contribution >= 4 is 22.3 Å². The number of aromatic hydroxyl groups is 1. The zero-order valence-corrected chi connectivity index (χ0v) is 13.9. The molecule has 25 heavy (non-hydrogen) atoms. The highest BCUT2D eigenvalue weighted by atomic mass is 16.3. The molecule has 0 aliphatic carbocycles. The van der Waals surface area contributed by atoms with Crippen LogP contribution in [0.5, 0.6) is 5.75 Å². The maximum absolute atomic E-state index is 9.73. The molecule has 1 aromatic heterocycles. The molecule has 3 aromatic carbocycles. The summed E-state index contributed by atoms with van der Waals surface area (Å²) < 4.78 is 0. The number of aromatic nitrogens is 1. The van der Waals surface area contributed by atoms with E-state index in [0.29, 0.717) is 0 Å². The summed E-state index contributed by atoms with van der Waals surface area (Å²) >= 11 is 0. The van der Waals surface area contributed by atoms with Gasteiger partial charge in [0.15, 0.2) is 0 Å². The topological polar surface area (TPSA) is 45.2 Å². The van der Waals surface area contributed by atoms with Crippen molar-refractivity contribution in [3.05, 3.63) is 84.4 Å². The van der Waals surface area contributed by atoms with Crippen LogP contribution in [0.3, 0.4) is 0 Å². The van der Waals surface area contributed by atoms with Crippen LogP contribution in [-0.2, 0) is 0 Å². The monoisotopic (exact) mass is 326 g/mol. The van der Waals surface area contributed by atoms with Crippen LogP contribution >= 0.6 is 0 Å². The fraction of sp³-hybridized carbons (Fsp3) is 0.0455. The quantitative estimate of drug-likeness (QED) is 0.510. The summed E-state index contributed by atoms with van der Waals surface area (Å²) in [5.74, 6) is 0.239. The molecule has 3 nitrogen and oxygen atoms in total. The Morgan fingerprint density at radius 3 is 2.48 bits per heavy atom. The van der Waals surface area contributed by atoms with E-state index in [1.807, 2.05) is 36.4 Å². The van der Waals surface area contributed by atoms with Crippen molar-refractivity contribution in [3.63, 3.8) is 0 Å². The second-order valence-corrected chi connectivity index (χ2v) is 6.12. The number of rotatable bonds is 3. The van der Waals surface area contributed by atoms with Crippen LogP contribution in [0.2, 0.25) is 0 Å². The maximum atomic E-state index is 9.73. The van der Waals surface area contributed by atoms with Crippen LogP contribution in [0.4, 0.5) is 11.4 Å². The van der Waals surface area contributed by atoms with Gasteiger partial charge in [0.25, 0.3) is 0 Å². The summed E-state index contributed by atoms with van der Waals surface area (Å²) in [5, 5.41) is 14.2. The lowest BCUT2D eigenvalue weighted by Crippen LogP contribution is -1.95. The van der Waals surface area contributed by atoms with Crippen LogP contribution in [0.15, 0.2) is 78.9 Å². The first kappa shape index (κ1) is 15.2. The van der Waals surface area contributed by atoms with Crippen molar-refractivity contribution < 1.29 is 5.11 Å². The molecule has 0 saturated heterocycles. The predicted octanol–water partition coefficient (Wildman–Crippen LogP) is 5.66. The maximum Gasteiger partial charge on any atom is 0.117 e. The number of nitrogens with one attached hydrogen (secondary N) is 1. The molecule has 1 heterocycles. The van der Waals surface area contributed by atoms with Crippen molar-refractivity contribution in [1.82, 2.24) is 4.98 Å². The predicted molar refractivity (Wildman–Crippen MR) is 103 cm³/mol. The zero-order valence-electron chi connectivity index (χ0n) is 13.9. The summed E-state index contributed by atoms with van der Waals surface area (Å²) in [5.41, 5.74) is 5.92. The Kier molecular flexibility index (Phi) is 3.82. The molecular formula is C22H18N2O. The van der Waals surface area contributed by atoms with Gasteiger partial charge in [-0.15, -0.1) is 0 Å². The number of phenolic OH excluding ortho intramolecular Hbond substituents is 1. The fourth-order valence-electron chi connectivity index (χ4n) is 2.94. The molecule has 4 aromatic rings. The van der Waals surface area contributed by atoms with E-state index in [9.17, 15) is 5.11 Å². The van der Waals surface area contributed by atoms with E-state index in [4.69, 9.17) is 4.98 Å². The van der Waals surface area contributed by atoms with E-state index in [1.54, 1.807) is 12.1 Å². The Labute approximate surface area is 146 Å². The summed E-state index contributed by atoms with van der Waals surface area (Å²) in [6.45, 7) is 2.07. The average Bonchev–Trinajstić information content (AvgIpc) is 2.63. The van der Waals surface area contributed by atoms with Gasteiger partial charge in [-0.05, 0) is 37.3 Å². The van der Waals surface area contributed by atoms with E-state index in [1.165, 1.54) is 5.56 Å². The molecule has 0 aliphatic heterocycles. The molecule has 2 N–H and O–H groups in total. The van der Waals surface area contributed by atoms with E-state index < -0.39 is 0 Å². The number of phenols is 1. The normalized spacial score (nSPS) is 10.8. The van der Waals surface area contributed by atoms with Crippen LogP contribution in [0.1, 0.15) is 5.56 Å². The molecule has 4 rings (SSSR count). The third-order valence-electron chi connectivity index (χ3n) is 4.16. The highest BCUT2D eigenvalue weighted by Crippen LogP contribution is 2.31. The first-order valence-electron chi connectivity index (χ1n) is 8.22. The molecule has 0 aliphatic rings. The van der Waals surface area contributed by atoms with E-state index in [0.717, 1.165) is 33.5 Å². The number of aryl methyl sites for hydroxylation is 1. The molecule has 122 valence electrons. The highest BCUT2D eigenvalue weighted by Gasteiger charge is 2.09. The first-order valence-corrected chi connectivity index (χ1v) is 8.22. The summed E-state index contributed by atoms with van der Waals surface area (Å²) in [6.07, 6.45) is 0. The lowest BCUT2D eigenvalue weighted by atomic mass is 10.1. The van der Waals surface area contributed by atoms with Gasteiger partial charge in [0.2, 0.25) is 0 Å². The van der Waals surface area contributed by atoms with Crippen molar-refractivity contribution in [1.29, 1.82) is 0 Å². The van der Waals surface area contributed by atoms with Crippen molar-refractivity contribution in [2.75, 3.05) is 5.32 Å². The van der Waals surface area contributed by atoms with Gasteiger partial charge in [-0.2, -0.15) is 0 Å². The molecule has 0 saturated carbocycles. The van der Waals surface area contributed by atoms with Gasteiger partial charge in [0.05, 0.1) is 16.9 Å². The molecule has 0 unspecified atom stereocenters. The SMILES string of the molecule is Cc1ccc2nc(-c3ccccc3)cc(Nc3cccc(O)c3)c2c1. The minimum atomic E-state index is 0.239. The molecule has 0 radical (unpaired) electrons. The summed E-state index contributed by atoms with van der Waals surface area (Å²) in [6, 6.07) is 25.6. The van der Waals surface area contributed by atoms with Crippen LogP contribution < -0.4 is 5.32 Å². The second-order valence-electron chi connectivity index (χ2n) is 6.12.